The van der Waals surface area contributed by atoms with Gasteiger partial charge in [-0.3, -0.25) is 0 Å². The molecule has 0 spiro atoms. The van der Waals surface area contributed by atoms with Crippen molar-refractivity contribution in [2.75, 3.05) is 4.90 Å². The third-order valence-electron chi connectivity index (χ3n) is 10.5. The smallest absolute Gasteiger partial charge is 0.0467 e. The van der Waals surface area contributed by atoms with Crippen LogP contribution >= 0.6 is 11.3 Å². The van der Waals surface area contributed by atoms with E-state index in [-0.39, 0.29) is 0 Å². The highest BCUT2D eigenvalue weighted by Crippen LogP contribution is 2.41. The number of rotatable bonds is 7. The van der Waals surface area contributed by atoms with Crippen LogP contribution in [0.3, 0.4) is 0 Å². The van der Waals surface area contributed by atoms with Crippen molar-refractivity contribution >= 4 is 59.3 Å². The molecule has 0 bridgehead atoms. The molecule has 0 aliphatic heterocycles. The lowest BCUT2D eigenvalue weighted by Gasteiger charge is -2.26. The van der Waals surface area contributed by atoms with Gasteiger partial charge in [0.1, 0.15) is 0 Å². The largest absolute Gasteiger partial charge is 0.310 e. The summed E-state index contributed by atoms with van der Waals surface area (Å²) in [6.07, 6.45) is 0. The molecule has 0 N–H and O–H groups in total. The molecule has 10 rings (SSSR count). The fraction of sp³-hybridized carbons (Fsp3) is 0. The van der Waals surface area contributed by atoms with E-state index in [9.17, 15) is 0 Å². The van der Waals surface area contributed by atoms with Crippen molar-refractivity contribution in [2.24, 2.45) is 0 Å². The van der Waals surface area contributed by atoms with Crippen molar-refractivity contribution in [3.05, 3.63) is 212 Å². The maximum Gasteiger partial charge on any atom is 0.0467 e. The highest BCUT2D eigenvalue weighted by Gasteiger charge is 2.16. The first-order valence-electron chi connectivity index (χ1n) is 18.4. The molecule has 10 aromatic rings. The molecule has 0 unspecified atom stereocenters. The zero-order valence-electron chi connectivity index (χ0n) is 29.6. The third kappa shape index (κ3) is 5.93. The second-order valence-corrected chi connectivity index (χ2v) is 14.8. The Balaban J connectivity index is 1.05. The number of fused-ring (bicyclic) bond motifs is 4. The summed E-state index contributed by atoms with van der Waals surface area (Å²) >= 11 is 1.86. The molecule has 54 heavy (non-hydrogen) atoms. The van der Waals surface area contributed by atoms with Crippen LogP contribution in [0.5, 0.6) is 0 Å². The minimum atomic E-state index is 1.10. The van der Waals surface area contributed by atoms with E-state index in [0.717, 1.165) is 17.1 Å². The number of hydrogen-bond donors (Lipinski definition) is 0. The first-order valence-corrected chi connectivity index (χ1v) is 19.2. The van der Waals surface area contributed by atoms with Gasteiger partial charge < -0.3 is 4.90 Å². The predicted octanol–water partition coefficient (Wildman–Crippen LogP) is 15.3. The maximum atomic E-state index is 2.37. The van der Waals surface area contributed by atoms with Crippen LogP contribution in [0.15, 0.2) is 212 Å². The molecular formula is C52H35NS. The summed E-state index contributed by atoms with van der Waals surface area (Å²) in [5, 5.41) is 5.14. The average molecular weight is 706 g/mol. The fourth-order valence-electron chi connectivity index (χ4n) is 7.76. The van der Waals surface area contributed by atoms with Crippen molar-refractivity contribution in [3.63, 3.8) is 0 Å². The zero-order chi connectivity index (χ0) is 35.8. The van der Waals surface area contributed by atoms with E-state index in [1.807, 2.05) is 11.3 Å². The Labute approximate surface area is 319 Å². The van der Waals surface area contributed by atoms with Crippen LogP contribution in [0.2, 0.25) is 0 Å². The molecule has 1 aromatic heterocycles. The van der Waals surface area contributed by atoms with Crippen molar-refractivity contribution in [1.29, 1.82) is 0 Å². The third-order valence-corrected chi connectivity index (χ3v) is 11.6. The van der Waals surface area contributed by atoms with Crippen molar-refractivity contribution in [1.82, 2.24) is 0 Å². The van der Waals surface area contributed by atoms with Crippen molar-refractivity contribution in [3.8, 4) is 44.5 Å². The normalized spacial score (nSPS) is 11.3. The SMILES string of the molecule is c1ccc(-c2cccc(-c3ccc(N(c4ccc(-c5ccc6sc7ccccc7c6c5)cc4)c4cccc(-c5cccc6ccccc56)c4)cc3)c2)cc1. The van der Waals surface area contributed by atoms with Gasteiger partial charge >= 0.3 is 0 Å². The van der Waals surface area contributed by atoms with Gasteiger partial charge in [-0.2, -0.15) is 0 Å². The molecule has 0 amide bonds. The molecule has 254 valence electrons. The second-order valence-electron chi connectivity index (χ2n) is 13.8. The number of benzene rings is 9. The summed E-state index contributed by atoms with van der Waals surface area (Å²) < 4.78 is 2.65. The minimum absolute atomic E-state index is 1.10. The highest BCUT2D eigenvalue weighted by molar-refractivity contribution is 7.25. The molecule has 0 aliphatic carbocycles. The molecular weight excluding hydrogens is 671 g/mol. The van der Waals surface area contributed by atoms with Crippen LogP contribution in [0, 0.1) is 0 Å². The molecule has 9 aromatic carbocycles. The molecule has 2 heteroatoms. The Morgan fingerprint density at radius 3 is 1.56 bits per heavy atom. The average Bonchev–Trinajstić information content (AvgIpc) is 3.63. The number of anilines is 3. The van der Waals surface area contributed by atoms with Crippen LogP contribution < -0.4 is 4.90 Å². The van der Waals surface area contributed by atoms with Crippen LogP contribution in [0.1, 0.15) is 0 Å². The number of hydrogen-bond acceptors (Lipinski definition) is 2. The molecule has 0 atom stereocenters. The van der Waals surface area contributed by atoms with E-state index >= 15 is 0 Å². The number of nitrogens with zero attached hydrogens (tertiary/aromatic N) is 1. The van der Waals surface area contributed by atoms with Gasteiger partial charge in [0.15, 0.2) is 0 Å². The van der Waals surface area contributed by atoms with E-state index in [1.165, 1.54) is 75.5 Å². The van der Waals surface area contributed by atoms with E-state index in [4.69, 9.17) is 0 Å². The fourth-order valence-corrected chi connectivity index (χ4v) is 8.84. The maximum absolute atomic E-state index is 2.37. The topological polar surface area (TPSA) is 3.24 Å². The molecule has 1 heterocycles. The monoisotopic (exact) mass is 705 g/mol. The van der Waals surface area contributed by atoms with Gasteiger partial charge in [-0.05, 0) is 116 Å². The van der Waals surface area contributed by atoms with Gasteiger partial charge in [0.2, 0.25) is 0 Å². The first-order chi connectivity index (χ1) is 26.7. The Morgan fingerprint density at radius 1 is 0.278 bits per heavy atom. The summed E-state index contributed by atoms with van der Waals surface area (Å²) in [7, 11) is 0. The Morgan fingerprint density at radius 2 is 0.796 bits per heavy atom. The Kier molecular flexibility index (Phi) is 8.09. The molecule has 0 saturated carbocycles. The zero-order valence-corrected chi connectivity index (χ0v) is 30.4. The van der Waals surface area contributed by atoms with Crippen LogP contribution in [0.25, 0.3) is 75.5 Å². The highest BCUT2D eigenvalue weighted by atomic mass is 32.1. The Hall–Kier alpha value is -6.74. The van der Waals surface area contributed by atoms with E-state index < -0.39 is 0 Å². The van der Waals surface area contributed by atoms with E-state index in [0.29, 0.717) is 0 Å². The molecule has 1 nitrogen and oxygen atoms in total. The first kappa shape index (κ1) is 32.0. The molecule has 0 saturated heterocycles. The van der Waals surface area contributed by atoms with Gasteiger partial charge in [0.05, 0.1) is 0 Å². The Bertz CT molecular complexity index is 2920. The summed E-state index contributed by atoms with van der Waals surface area (Å²) in [5.41, 5.74) is 13.0. The van der Waals surface area contributed by atoms with Gasteiger partial charge in [0.25, 0.3) is 0 Å². The van der Waals surface area contributed by atoms with Crippen molar-refractivity contribution in [2.45, 2.75) is 0 Å². The van der Waals surface area contributed by atoms with Crippen LogP contribution in [-0.2, 0) is 0 Å². The molecule has 0 fully saturated rings. The van der Waals surface area contributed by atoms with Gasteiger partial charge in [-0.25, -0.2) is 0 Å². The lowest BCUT2D eigenvalue weighted by Crippen LogP contribution is -2.10. The lowest BCUT2D eigenvalue weighted by molar-refractivity contribution is 1.28. The second kappa shape index (κ2) is 13.7. The quantitative estimate of drug-likeness (QED) is 0.160. The number of thiophene rings is 1. The predicted molar refractivity (Wildman–Crippen MR) is 233 cm³/mol. The van der Waals surface area contributed by atoms with E-state index in [1.54, 1.807) is 0 Å². The summed E-state index contributed by atoms with van der Waals surface area (Å²) in [5.74, 6) is 0. The molecule has 0 aliphatic rings. The van der Waals surface area contributed by atoms with E-state index in [2.05, 4.69) is 217 Å². The standard InChI is InChI=1S/C52H35NS/c1-2-11-36(12-3-1)40-15-8-16-41(33-40)37-23-28-44(29-24-37)53(46-18-9-17-43(34-46)48-21-10-14-39-13-4-5-19-47(39)48)45-30-25-38(26-31-45)42-27-32-52-50(35-42)49-20-6-7-22-51(49)54-52/h1-35H. The van der Waals surface area contributed by atoms with Gasteiger partial charge in [0, 0.05) is 37.2 Å². The summed E-state index contributed by atoms with van der Waals surface area (Å²) in [6, 6.07) is 77.1. The summed E-state index contributed by atoms with van der Waals surface area (Å²) in [4.78, 5) is 2.37. The van der Waals surface area contributed by atoms with Crippen LogP contribution in [-0.4, -0.2) is 0 Å². The minimum Gasteiger partial charge on any atom is -0.310 e. The van der Waals surface area contributed by atoms with Crippen LogP contribution in [0.4, 0.5) is 17.1 Å². The lowest BCUT2D eigenvalue weighted by atomic mass is 9.97. The van der Waals surface area contributed by atoms with Crippen molar-refractivity contribution < 1.29 is 0 Å². The van der Waals surface area contributed by atoms with Gasteiger partial charge in [-0.15, -0.1) is 11.3 Å². The molecule has 0 radical (unpaired) electrons. The van der Waals surface area contributed by atoms with Gasteiger partial charge in [-0.1, -0.05) is 152 Å². The summed E-state index contributed by atoms with van der Waals surface area (Å²) in [6.45, 7) is 0.